The SMILES string of the molecule is CCNC(=NCc1ccc(CN2CCOCC2)cc1)N1CCC(Oc2ccccc2)CC1.I. The van der Waals surface area contributed by atoms with E-state index in [4.69, 9.17) is 14.5 Å². The number of hydrogen-bond acceptors (Lipinski definition) is 4. The van der Waals surface area contributed by atoms with Crippen LogP contribution in [0, 0.1) is 0 Å². The van der Waals surface area contributed by atoms with Crippen LogP contribution in [-0.2, 0) is 17.8 Å². The summed E-state index contributed by atoms with van der Waals surface area (Å²) in [6, 6.07) is 19.0. The monoisotopic (exact) mass is 564 g/mol. The molecule has 0 aliphatic carbocycles. The van der Waals surface area contributed by atoms with Crippen LogP contribution in [0.4, 0.5) is 0 Å². The number of halogens is 1. The fourth-order valence-electron chi connectivity index (χ4n) is 4.24. The summed E-state index contributed by atoms with van der Waals surface area (Å²) in [5.41, 5.74) is 2.60. The number of benzene rings is 2. The van der Waals surface area contributed by atoms with Crippen molar-refractivity contribution in [3.63, 3.8) is 0 Å². The summed E-state index contributed by atoms with van der Waals surface area (Å²) in [7, 11) is 0. The summed E-state index contributed by atoms with van der Waals surface area (Å²) >= 11 is 0. The Kier molecular flexibility index (Phi) is 10.8. The number of ether oxygens (including phenoxy) is 2. The molecule has 2 aromatic rings. The number of hydrogen-bond donors (Lipinski definition) is 1. The number of nitrogens with one attached hydrogen (secondary N) is 1. The number of guanidine groups is 1. The smallest absolute Gasteiger partial charge is 0.194 e. The predicted octanol–water partition coefficient (Wildman–Crippen LogP) is 4.15. The van der Waals surface area contributed by atoms with E-state index >= 15 is 0 Å². The standard InChI is InChI=1S/C26H36N4O2.HI/c1-2-27-26(30-14-12-25(13-15-30)32-24-6-4-3-5-7-24)28-20-22-8-10-23(11-9-22)21-29-16-18-31-19-17-29;/h3-11,25H,2,12-21H2,1H3,(H,27,28);1H. The highest BCUT2D eigenvalue weighted by atomic mass is 127. The summed E-state index contributed by atoms with van der Waals surface area (Å²) < 4.78 is 11.6. The maximum atomic E-state index is 6.14. The zero-order valence-electron chi connectivity index (χ0n) is 19.6. The van der Waals surface area contributed by atoms with Crippen molar-refractivity contribution in [2.75, 3.05) is 45.9 Å². The molecule has 0 atom stereocenters. The Morgan fingerprint density at radius 3 is 2.30 bits per heavy atom. The molecule has 2 aromatic carbocycles. The van der Waals surface area contributed by atoms with E-state index < -0.39 is 0 Å². The first-order valence-corrected chi connectivity index (χ1v) is 11.9. The molecule has 0 amide bonds. The van der Waals surface area contributed by atoms with Crippen molar-refractivity contribution in [1.82, 2.24) is 15.1 Å². The number of likely N-dealkylation sites (tertiary alicyclic amines) is 1. The molecule has 2 aliphatic rings. The Balaban J connectivity index is 0.00000306. The van der Waals surface area contributed by atoms with Crippen LogP contribution in [0.5, 0.6) is 5.75 Å². The van der Waals surface area contributed by atoms with Gasteiger partial charge in [0.05, 0.1) is 19.8 Å². The van der Waals surface area contributed by atoms with Crippen LogP contribution >= 0.6 is 24.0 Å². The van der Waals surface area contributed by atoms with Gasteiger partial charge in [-0.25, -0.2) is 4.99 Å². The summed E-state index contributed by atoms with van der Waals surface area (Å²) in [4.78, 5) is 9.74. The van der Waals surface area contributed by atoms with Crippen molar-refractivity contribution in [2.45, 2.75) is 39.0 Å². The van der Waals surface area contributed by atoms with Crippen molar-refractivity contribution < 1.29 is 9.47 Å². The van der Waals surface area contributed by atoms with Crippen LogP contribution in [-0.4, -0.2) is 67.8 Å². The Labute approximate surface area is 215 Å². The van der Waals surface area contributed by atoms with Gasteiger partial charge < -0.3 is 19.7 Å². The van der Waals surface area contributed by atoms with Gasteiger partial charge in [0.2, 0.25) is 0 Å². The minimum atomic E-state index is 0. The van der Waals surface area contributed by atoms with Crippen molar-refractivity contribution in [3.8, 4) is 5.75 Å². The van der Waals surface area contributed by atoms with Crippen LogP contribution in [0.2, 0.25) is 0 Å². The van der Waals surface area contributed by atoms with Gasteiger partial charge in [0.25, 0.3) is 0 Å². The number of piperidine rings is 1. The lowest BCUT2D eigenvalue weighted by atomic mass is 10.1. The van der Waals surface area contributed by atoms with Gasteiger partial charge in [-0.3, -0.25) is 4.90 Å². The quantitative estimate of drug-likeness (QED) is 0.311. The van der Waals surface area contributed by atoms with Crippen LogP contribution in [0.15, 0.2) is 59.6 Å². The van der Waals surface area contributed by atoms with E-state index in [2.05, 4.69) is 46.3 Å². The van der Waals surface area contributed by atoms with Gasteiger partial charge in [-0.1, -0.05) is 42.5 Å². The molecule has 0 bridgehead atoms. The van der Waals surface area contributed by atoms with Crippen LogP contribution in [0.1, 0.15) is 30.9 Å². The molecule has 180 valence electrons. The summed E-state index contributed by atoms with van der Waals surface area (Å²) in [5.74, 6) is 1.96. The lowest BCUT2D eigenvalue weighted by Gasteiger charge is -2.34. The van der Waals surface area contributed by atoms with Crippen LogP contribution in [0.3, 0.4) is 0 Å². The zero-order chi connectivity index (χ0) is 22.0. The minimum absolute atomic E-state index is 0. The molecule has 0 unspecified atom stereocenters. The van der Waals surface area contributed by atoms with Crippen molar-refractivity contribution in [2.24, 2.45) is 4.99 Å². The van der Waals surface area contributed by atoms with Crippen molar-refractivity contribution >= 4 is 29.9 Å². The normalized spacial score (nSPS) is 18.0. The number of rotatable bonds is 7. The molecule has 33 heavy (non-hydrogen) atoms. The molecule has 0 aromatic heterocycles. The highest BCUT2D eigenvalue weighted by Crippen LogP contribution is 2.19. The van der Waals surface area contributed by atoms with E-state index in [0.717, 1.165) is 77.0 Å². The summed E-state index contributed by atoms with van der Waals surface area (Å²) in [6.07, 6.45) is 2.29. The van der Waals surface area contributed by atoms with Gasteiger partial charge in [-0.2, -0.15) is 0 Å². The molecule has 2 saturated heterocycles. The molecule has 0 radical (unpaired) electrons. The lowest BCUT2D eigenvalue weighted by Crippen LogP contribution is -2.47. The molecule has 2 heterocycles. The average molecular weight is 565 g/mol. The molecule has 7 heteroatoms. The summed E-state index contributed by atoms with van der Waals surface area (Å²) in [5, 5.41) is 3.47. The van der Waals surface area contributed by atoms with Crippen LogP contribution in [0.25, 0.3) is 0 Å². The van der Waals surface area contributed by atoms with Gasteiger partial charge in [-0.15, -0.1) is 24.0 Å². The second kappa shape index (κ2) is 13.8. The molecular formula is C26H37IN4O2. The first-order valence-electron chi connectivity index (χ1n) is 11.9. The van der Waals surface area contributed by atoms with Crippen molar-refractivity contribution in [1.29, 1.82) is 0 Å². The molecule has 2 aliphatic heterocycles. The largest absolute Gasteiger partial charge is 0.490 e. The third kappa shape index (κ3) is 8.15. The average Bonchev–Trinajstić information content (AvgIpc) is 2.85. The van der Waals surface area contributed by atoms with Crippen LogP contribution < -0.4 is 10.1 Å². The maximum absolute atomic E-state index is 6.14. The zero-order valence-corrected chi connectivity index (χ0v) is 21.9. The number of para-hydroxylation sites is 1. The minimum Gasteiger partial charge on any atom is -0.490 e. The highest BCUT2D eigenvalue weighted by molar-refractivity contribution is 14.0. The third-order valence-electron chi connectivity index (χ3n) is 6.07. The second-order valence-electron chi connectivity index (χ2n) is 8.49. The van der Waals surface area contributed by atoms with E-state index in [1.54, 1.807) is 0 Å². The fraction of sp³-hybridized carbons (Fsp3) is 0.500. The molecule has 2 fully saturated rings. The van der Waals surface area contributed by atoms with E-state index in [0.29, 0.717) is 6.54 Å². The fourth-order valence-corrected chi connectivity index (χ4v) is 4.24. The number of morpholine rings is 1. The van der Waals surface area contributed by atoms with Crippen molar-refractivity contribution in [3.05, 3.63) is 65.7 Å². The number of nitrogens with zero attached hydrogens (tertiary/aromatic N) is 3. The van der Waals surface area contributed by atoms with E-state index in [1.165, 1.54) is 11.1 Å². The maximum Gasteiger partial charge on any atom is 0.194 e. The first-order chi connectivity index (χ1) is 15.8. The molecule has 0 spiro atoms. The van der Waals surface area contributed by atoms with Gasteiger partial charge in [0, 0.05) is 52.1 Å². The third-order valence-corrected chi connectivity index (χ3v) is 6.07. The van der Waals surface area contributed by atoms with E-state index in [1.807, 2.05) is 30.3 Å². The molecule has 6 nitrogen and oxygen atoms in total. The molecule has 0 saturated carbocycles. The lowest BCUT2D eigenvalue weighted by molar-refractivity contribution is 0.0342. The van der Waals surface area contributed by atoms with E-state index in [9.17, 15) is 0 Å². The van der Waals surface area contributed by atoms with Gasteiger partial charge in [0.1, 0.15) is 11.9 Å². The predicted molar refractivity (Wildman–Crippen MR) is 144 cm³/mol. The highest BCUT2D eigenvalue weighted by Gasteiger charge is 2.22. The molecule has 1 N–H and O–H groups in total. The van der Waals surface area contributed by atoms with Gasteiger partial charge >= 0.3 is 0 Å². The Morgan fingerprint density at radius 1 is 0.970 bits per heavy atom. The topological polar surface area (TPSA) is 49.3 Å². The molecule has 4 rings (SSSR count). The van der Waals surface area contributed by atoms with E-state index in [-0.39, 0.29) is 30.1 Å². The first kappa shape index (κ1) is 25.8. The molecular weight excluding hydrogens is 527 g/mol. The number of aliphatic imine (C=N–C) groups is 1. The second-order valence-corrected chi connectivity index (χ2v) is 8.49. The Bertz CT molecular complexity index is 833. The Morgan fingerprint density at radius 2 is 1.64 bits per heavy atom. The summed E-state index contributed by atoms with van der Waals surface area (Å²) in [6.45, 7) is 10.3. The Hall–Kier alpha value is -1.84. The van der Waals surface area contributed by atoms with Gasteiger partial charge in [-0.05, 0) is 30.2 Å². The van der Waals surface area contributed by atoms with Gasteiger partial charge in [0.15, 0.2) is 5.96 Å².